The van der Waals surface area contributed by atoms with Crippen LogP contribution in [0.5, 0.6) is 0 Å². The van der Waals surface area contributed by atoms with E-state index in [1.54, 1.807) is 0 Å². The first kappa shape index (κ1) is 24.9. The monoisotopic (exact) mass is 476 g/mol. The van der Waals surface area contributed by atoms with E-state index in [0.29, 0.717) is 25.9 Å². The van der Waals surface area contributed by atoms with Crippen molar-refractivity contribution in [3.8, 4) is 0 Å². The highest BCUT2D eigenvalue weighted by Gasteiger charge is 2.19. The zero-order chi connectivity index (χ0) is 25.0. The first-order chi connectivity index (χ1) is 17.7. The van der Waals surface area contributed by atoms with Gasteiger partial charge in [-0.1, -0.05) is 121 Å². The minimum atomic E-state index is -0.0339. The molecule has 0 saturated heterocycles. The number of rotatable bonds is 11. The van der Waals surface area contributed by atoms with Crippen molar-refractivity contribution in [3.63, 3.8) is 0 Å². The standard InChI is InChI=1S/C32H32N2O2/c35-31(23-29(25-13-5-1-6-14-25)26-15-7-2-8-16-26)33-21-22-34-32(36)24-30(27-17-9-3-10-18-27)28-19-11-4-12-20-28/h1-20,29-30H,21-24H2,(H,33,35)(H,34,36). The Kier molecular flexibility index (Phi) is 9.04. The minimum Gasteiger partial charge on any atom is -0.354 e. The Morgan fingerprint density at radius 1 is 0.444 bits per heavy atom. The van der Waals surface area contributed by atoms with Crippen LogP contribution in [-0.4, -0.2) is 24.9 Å². The second-order valence-electron chi connectivity index (χ2n) is 8.86. The number of carbonyl (C=O) groups is 2. The van der Waals surface area contributed by atoms with Gasteiger partial charge in [0, 0.05) is 37.8 Å². The van der Waals surface area contributed by atoms with E-state index in [4.69, 9.17) is 0 Å². The third-order valence-corrected chi connectivity index (χ3v) is 6.36. The van der Waals surface area contributed by atoms with Crippen LogP contribution in [0.1, 0.15) is 46.9 Å². The molecule has 4 heteroatoms. The maximum Gasteiger partial charge on any atom is 0.221 e. The Bertz CT molecular complexity index is 1030. The van der Waals surface area contributed by atoms with Gasteiger partial charge < -0.3 is 10.6 Å². The normalized spacial score (nSPS) is 10.8. The molecule has 0 unspecified atom stereocenters. The maximum atomic E-state index is 12.8. The third kappa shape index (κ3) is 7.16. The maximum absolute atomic E-state index is 12.8. The van der Waals surface area contributed by atoms with E-state index in [9.17, 15) is 9.59 Å². The summed E-state index contributed by atoms with van der Waals surface area (Å²) in [5.74, 6) is -0.0965. The molecule has 4 rings (SSSR count). The van der Waals surface area contributed by atoms with Crippen molar-refractivity contribution in [2.75, 3.05) is 13.1 Å². The predicted molar refractivity (Wildman–Crippen MR) is 145 cm³/mol. The molecule has 4 aromatic rings. The Labute approximate surface area is 213 Å². The van der Waals surface area contributed by atoms with Crippen LogP contribution in [0.15, 0.2) is 121 Å². The van der Waals surface area contributed by atoms with Crippen molar-refractivity contribution < 1.29 is 9.59 Å². The van der Waals surface area contributed by atoms with Gasteiger partial charge in [0.25, 0.3) is 0 Å². The fraction of sp³-hybridized carbons (Fsp3) is 0.188. The van der Waals surface area contributed by atoms with Crippen LogP contribution in [0.2, 0.25) is 0 Å². The minimum absolute atomic E-state index is 0.0144. The lowest BCUT2D eigenvalue weighted by Crippen LogP contribution is -2.35. The van der Waals surface area contributed by atoms with Crippen LogP contribution in [0.4, 0.5) is 0 Å². The first-order valence-corrected chi connectivity index (χ1v) is 12.4. The van der Waals surface area contributed by atoms with Crippen molar-refractivity contribution in [1.29, 1.82) is 0 Å². The molecule has 36 heavy (non-hydrogen) atoms. The average Bonchev–Trinajstić information content (AvgIpc) is 2.94. The Morgan fingerprint density at radius 2 is 0.694 bits per heavy atom. The molecule has 4 aromatic carbocycles. The van der Waals surface area contributed by atoms with E-state index in [-0.39, 0.29) is 23.7 Å². The van der Waals surface area contributed by atoms with Gasteiger partial charge in [-0.2, -0.15) is 0 Å². The number of hydrogen-bond donors (Lipinski definition) is 2. The summed E-state index contributed by atoms with van der Waals surface area (Å²) in [5.41, 5.74) is 4.44. The molecule has 4 nitrogen and oxygen atoms in total. The molecule has 0 fully saturated rings. The number of hydrogen-bond acceptors (Lipinski definition) is 2. The predicted octanol–water partition coefficient (Wildman–Crippen LogP) is 5.66. The van der Waals surface area contributed by atoms with Crippen molar-refractivity contribution in [1.82, 2.24) is 10.6 Å². The fourth-order valence-electron chi connectivity index (χ4n) is 4.52. The largest absolute Gasteiger partial charge is 0.354 e. The molecule has 0 aliphatic rings. The van der Waals surface area contributed by atoms with E-state index in [0.717, 1.165) is 22.3 Å². The first-order valence-electron chi connectivity index (χ1n) is 12.4. The lowest BCUT2D eigenvalue weighted by Gasteiger charge is -2.19. The van der Waals surface area contributed by atoms with Crippen LogP contribution in [0.25, 0.3) is 0 Å². The number of benzene rings is 4. The summed E-state index contributed by atoms with van der Waals surface area (Å²) in [7, 11) is 0. The lowest BCUT2D eigenvalue weighted by atomic mass is 9.88. The highest BCUT2D eigenvalue weighted by molar-refractivity contribution is 5.79. The summed E-state index contributed by atoms with van der Waals surface area (Å²) in [4.78, 5) is 25.5. The van der Waals surface area contributed by atoms with Gasteiger partial charge in [-0.3, -0.25) is 9.59 Å². The lowest BCUT2D eigenvalue weighted by molar-refractivity contribution is -0.123. The van der Waals surface area contributed by atoms with Gasteiger partial charge >= 0.3 is 0 Å². The molecule has 2 N–H and O–H groups in total. The number of amides is 2. The zero-order valence-electron chi connectivity index (χ0n) is 20.3. The molecule has 0 atom stereocenters. The van der Waals surface area contributed by atoms with Gasteiger partial charge in [0.05, 0.1) is 0 Å². The molecule has 0 aliphatic carbocycles. The fourth-order valence-corrected chi connectivity index (χ4v) is 4.52. The summed E-state index contributed by atoms with van der Waals surface area (Å²) in [6.45, 7) is 0.782. The molecule has 0 spiro atoms. The molecule has 0 aromatic heterocycles. The molecule has 2 amide bonds. The van der Waals surface area contributed by atoms with Crippen LogP contribution < -0.4 is 10.6 Å². The van der Waals surface area contributed by atoms with Crippen molar-refractivity contribution in [3.05, 3.63) is 144 Å². The zero-order valence-corrected chi connectivity index (χ0v) is 20.3. The molecule has 0 heterocycles. The molecular formula is C32H32N2O2. The highest BCUT2D eigenvalue weighted by atomic mass is 16.2. The van der Waals surface area contributed by atoms with Gasteiger partial charge in [0.15, 0.2) is 0 Å². The second kappa shape index (κ2) is 13.1. The van der Waals surface area contributed by atoms with Crippen molar-refractivity contribution in [2.45, 2.75) is 24.7 Å². The van der Waals surface area contributed by atoms with Gasteiger partial charge in [-0.15, -0.1) is 0 Å². The number of carbonyl (C=O) groups excluding carboxylic acids is 2. The quantitative estimate of drug-likeness (QED) is 0.274. The van der Waals surface area contributed by atoms with E-state index in [1.165, 1.54) is 0 Å². The SMILES string of the molecule is O=C(CC(c1ccccc1)c1ccccc1)NCCNC(=O)CC(c1ccccc1)c1ccccc1. The van der Waals surface area contributed by atoms with E-state index >= 15 is 0 Å². The highest BCUT2D eigenvalue weighted by Crippen LogP contribution is 2.28. The summed E-state index contributed by atoms with van der Waals surface area (Å²) in [6, 6.07) is 40.4. The Balaban J connectivity index is 1.29. The van der Waals surface area contributed by atoms with Gasteiger partial charge in [-0.05, 0) is 22.3 Å². The van der Waals surface area contributed by atoms with E-state index in [1.807, 2.05) is 72.8 Å². The summed E-state index contributed by atoms with van der Waals surface area (Å²) in [5, 5.41) is 5.94. The Hall–Kier alpha value is -4.18. The van der Waals surface area contributed by atoms with Crippen LogP contribution in [0.3, 0.4) is 0 Å². The molecule has 0 saturated carbocycles. The van der Waals surface area contributed by atoms with Gasteiger partial charge in [0.1, 0.15) is 0 Å². The third-order valence-electron chi connectivity index (χ3n) is 6.36. The molecule has 182 valence electrons. The smallest absolute Gasteiger partial charge is 0.221 e. The Morgan fingerprint density at radius 3 is 0.944 bits per heavy atom. The molecule has 0 bridgehead atoms. The second-order valence-corrected chi connectivity index (χ2v) is 8.86. The summed E-state index contributed by atoms with van der Waals surface area (Å²) < 4.78 is 0. The summed E-state index contributed by atoms with van der Waals surface area (Å²) >= 11 is 0. The van der Waals surface area contributed by atoms with Gasteiger partial charge in [-0.25, -0.2) is 0 Å². The summed E-state index contributed by atoms with van der Waals surface area (Å²) in [6.07, 6.45) is 0.706. The number of nitrogens with one attached hydrogen (secondary N) is 2. The van der Waals surface area contributed by atoms with Crippen LogP contribution in [-0.2, 0) is 9.59 Å². The van der Waals surface area contributed by atoms with E-state index < -0.39 is 0 Å². The topological polar surface area (TPSA) is 58.2 Å². The molecule has 0 radical (unpaired) electrons. The van der Waals surface area contributed by atoms with E-state index in [2.05, 4.69) is 59.2 Å². The van der Waals surface area contributed by atoms with Crippen LogP contribution in [0, 0.1) is 0 Å². The van der Waals surface area contributed by atoms with Gasteiger partial charge in [0.2, 0.25) is 11.8 Å². The average molecular weight is 477 g/mol. The molecular weight excluding hydrogens is 444 g/mol. The van der Waals surface area contributed by atoms with Crippen LogP contribution >= 0.6 is 0 Å². The van der Waals surface area contributed by atoms with Crippen molar-refractivity contribution >= 4 is 11.8 Å². The van der Waals surface area contributed by atoms with Crippen molar-refractivity contribution in [2.24, 2.45) is 0 Å². The molecule has 0 aliphatic heterocycles.